The van der Waals surface area contributed by atoms with Gasteiger partial charge < -0.3 is 4.90 Å². The average molecular weight is 328 g/mol. The summed E-state index contributed by atoms with van der Waals surface area (Å²) in [4.78, 5) is 15.0. The second-order valence-corrected chi connectivity index (χ2v) is 5.74. The van der Waals surface area contributed by atoms with Gasteiger partial charge in [0.15, 0.2) is 0 Å². The molecule has 0 aliphatic heterocycles. The lowest BCUT2D eigenvalue weighted by Gasteiger charge is -2.23. The quantitative estimate of drug-likeness (QED) is 0.620. The number of nitrogens with zero attached hydrogens (tertiary/aromatic N) is 3. The van der Waals surface area contributed by atoms with Crippen molar-refractivity contribution in [2.45, 2.75) is 6.54 Å². The number of H-pyrrole nitrogens is 1. The zero-order valence-corrected chi connectivity index (χ0v) is 13.5. The molecule has 1 aromatic heterocycles. The molecule has 0 saturated heterocycles. The third kappa shape index (κ3) is 3.12. The number of benzene rings is 3. The van der Waals surface area contributed by atoms with E-state index in [0.717, 1.165) is 16.8 Å². The summed E-state index contributed by atoms with van der Waals surface area (Å²) in [6, 6.07) is 25.0. The topological polar surface area (TPSA) is 61.9 Å². The van der Waals surface area contributed by atoms with Gasteiger partial charge in [-0.2, -0.15) is 15.4 Å². The van der Waals surface area contributed by atoms with E-state index in [1.54, 1.807) is 23.1 Å². The average Bonchev–Trinajstić information content (AvgIpc) is 3.15. The molecule has 4 rings (SSSR count). The maximum atomic E-state index is 13.2. The highest BCUT2D eigenvalue weighted by molar-refractivity contribution is 6.07. The Balaban J connectivity index is 1.72. The molecule has 122 valence electrons. The van der Waals surface area contributed by atoms with E-state index in [4.69, 9.17) is 0 Å². The number of carbonyl (C=O) groups is 1. The number of aromatic amines is 1. The Bertz CT molecular complexity index is 996. The molecule has 25 heavy (non-hydrogen) atoms. The monoisotopic (exact) mass is 328 g/mol. The van der Waals surface area contributed by atoms with Crippen LogP contribution in [0.15, 0.2) is 78.9 Å². The molecule has 0 aliphatic rings. The number of amides is 1. The number of carbonyl (C=O) groups excluding carboxylic acids is 1. The van der Waals surface area contributed by atoms with E-state index in [9.17, 15) is 4.79 Å². The van der Waals surface area contributed by atoms with Gasteiger partial charge in [-0.3, -0.25) is 4.79 Å². The highest BCUT2D eigenvalue weighted by Crippen LogP contribution is 2.21. The van der Waals surface area contributed by atoms with E-state index in [-0.39, 0.29) is 5.91 Å². The Labute approximate surface area is 144 Å². The first-order chi connectivity index (χ1) is 12.3. The molecule has 1 N–H and O–H groups in total. The predicted molar refractivity (Wildman–Crippen MR) is 97.3 cm³/mol. The normalized spacial score (nSPS) is 10.7. The van der Waals surface area contributed by atoms with Crippen LogP contribution in [0.3, 0.4) is 0 Å². The van der Waals surface area contributed by atoms with Crippen LogP contribution in [0.25, 0.3) is 11.0 Å². The lowest BCUT2D eigenvalue weighted by molar-refractivity contribution is 0.0985. The molecule has 1 amide bonds. The Kier molecular flexibility index (Phi) is 3.96. The fourth-order valence-corrected chi connectivity index (χ4v) is 2.78. The molecule has 0 radical (unpaired) electrons. The zero-order valence-electron chi connectivity index (χ0n) is 13.5. The minimum atomic E-state index is -0.0695. The summed E-state index contributed by atoms with van der Waals surface area (Å²) < 4.78 is 0. The van der Waals surface area contributed by atoms with Gasteiger partial charge in [0.2, 0.25) is 0 Å². The van der Waals surface area contributed by atoms with Crippen LogP contribution in [0.2, 0.25) is 0 Å². The summed E-state index contributed by atoms with van der Waals surface area (Å²) in [6.45, 7) is 0.501. The van der Waals surface area contributed by atoms with Gasteiger partial charge in [-0.1, -0.05) is 48.5 Å². The smallest absolute Gasteiger partial charge is 0.258 e. The molecule has 0 bridgehead atoms. The minimum Gasteiger partial charge on any atom is -0.304 e. The van der Waals surface area contributed by atoms with Crippen molar-refractivity contribution in [3.8, 4) is 0 Å². The maximum Gasteiger partial charge on any atom is 0.258 e. The van der Waals surface area contributed by atoms with Gasteiger partial charge in [0.05, 0.1) is 6.54 Å². The molecule has 0 aliphatic carbocycles. The van der Waals surface area contributed by atoms with E-state index >= 15 is 0 Å². The standard InChI is InChI=1S/C20H16N4O/c25-20(16-11-12-18-19(13-16)22-23-21-18)24(17-9-5-2-6-10-17)14-15-7-3-1-4-8-15/h1-13H,14H2,(H,21,22,23). The van der Waals surface area contributed by atoms with E-state index in [0.29, 0.717) is 17.6 Å². The third-order valence-corrected chi connectivity index (χ3v) is 4.06. The van der Waals surface area contributed by atoms with Gasteiger partial charge in [0.25, 0.3) is 5.91 Å². The van der Waals surface area contributed by atoms with Gasteiger partial charge in [0, 0.05) is 11.3 Å². The zero-order chi connectivity index (χ0) is 17.1. The summed E-state index contributed by atoms with van der Waals surface area (Å²) >= 11 is 0. The second-order valence-electron chi connectivity index (χ2n) is 5.74. The fraction of sp³-hybridized carbons (Fsp3) is 0.0500. The number of hydrogen-bond donors (Lipinski definition) is 1. The van der Waals surface area contributed by atoms with Gasteiger partial charge in [-0.15, -0.1) is 0 Å². The number of anilines is 1. The number of hydrogen-bond acceptors (Lipinski definition) is 3. The lowest BCUT2D eigenvalue weighted by Crippen LogP contribution is -2.30. The van der Waals surface area contributed by atoms with Crippen molar-refractivity contribution < 1.29 is 4.79 Å². The minimum absolute atomic E-state index is 0.0695. The van der Waals surface area contributed by atoms with Gasteiger partial charge in [-0.25, -0.2) is 0 Å². The third-order valence-electron chi connectivity index (χ3n) is 4.06. The number of nitrogens with one attached hydrogen (secondary N) is 1. The molecule has 0 fully saturated rings. The molecule has 1 heterocycles. The van der Waals surface area contributed by atoms with Crippen LogP contribution in [0, 0.1) is 0 Å². The van der Waals surface area contributed by atoms with Crippen LogP contribution in [-0.4, -0.2) is 21.3 Å². The van der Waals surface area contributed by atoms with Gasteiger partial charge in [0.1, 0.15) is 11.0 Å². The Morgan fingerprint density at radius 2 is 1.52 bits per heavy atom. The Morgan fingerprint density at radius 3 is 2.28 bits per heavy atom. The summed E-state index contributed by atoms with van der Waals surface area (Å²) in [5, 5.41) is 10.7. The fourth-order valence-electron chi connectivity index (χ4n) is 2.78. The molecule has 0 spiro atoms. The number of rotatable bonds is 4. The highest BCUT2D eigenvalue weighted by atomic mass is 16.2. The maximum absolute atomic E-state index is 13.2. The Hall–Kier alpha value is -3.47. The molecule has 0 unspecified atom stereocenters. The van der Waals surface area contributed by atoms with Crippen molar-refractivity contribution in [2.24, 2.45) is 0 Å². The largest absolute Gasteiger partial charge is 0.304 e. The molecular formula is C20H16N4O. The molecule has 0 saturated carbocycles. The van der Waals surface area contributed by atoms with Crippen molar-refractivity contribution in [3.63, 3.8) is 0 Å². The SMILES string of the molecule is O=C(c1ccc2n[nH]nc2c1)N(Cc1ccccc1)c1ccccc1. The van der Waals surface area contributed by atoms with E-state index in [1.807, 2.05) is 60.7 Å². The first-order valence-electron chi connectivity index (χ1n) is 8.02. The number of aromatic nitrogens is 3. The van der Waals surface area contributed by atoms with Crippen LogP contribution < -0.4 is 4.90 Å². The van der Waals surface area contributed by atoms with Crippen molar-refractivity contribution >= 4 is 22.6 Å². The van der Waals surface area contributed by atoms with E-state index in [1.165, 1.54) is 0 Å². The number of fused-ring (bicyclic) bond motifs is 1. The first kappa shape index (κ1) is 15.1. The van der Waals surface area contributed by atoms with Gasteiger partial charge >= 0.3 is 0 Å². The summed E-state index contributed by atoms with van der Waals surface area (Å²) in [7, 11) is 0. The second kappa shape index (κ2) is 6.57. The van der Waals surface area contributed by atoms with Gasteiger partial charge in [-0.05, 0) is 35.9 Å². The summed E-state index contributed by atoms with van der Waals surface area (Å²) in [5.41, 5.74) is 3.93. The number of para-hydroxylation sites is 1. The predicted octanol–water partition coefficient (Wildman–Crippen LogP) is 3.80. The van der Waals surface area contributed by atoms with E-state index in [2.05, 4.69) is 15.4 Å². The first-order valence-corrected chi connectivity index (χ1v) is 8.02. The highest BCUT2D eigenvalue weighted by Gasteiger charge is 2.19. The van der Waals surface area contributed by atoms with Crippen LogP contribution in [0.4, 0.5) is 5.69 Å². The molecular weight excluding hydrogens is 312 g/mol. The van der Waals surface area contributed by atoms with Crippen LogP contribution in [0.1, 0.15) is 15.9 Å². The van der Waals surface area contributed by atoms with Crippen molar-refractivity contribution in [1.82, 2.24) is 15.4 Å². The molecule has 4 aromatic rings. The van der Waals surface area contributed by atoms with E-state index < -0.39 is 0 Å². The van der Waals surface area contributed by atoms with Crippen molar-refractivity contribution in [1.29, 1.82) is 0 Å². The van der Waals surface area contributed by atoms with Crippen molar-refractivity contribution in [3.05, 3.63) is 90.0 Å². The van der Waals surface area contributed by atoms with Crippen molar-refractivity contribution in [2.75, 3.05) is 4.90 Å². The lowest BCUT2D eigenvalue weighted by atomic mass is 10.1. The summed E-state index contributed by atoms with van der Waals surface area (Å²) in [6.07, 6.45) is 0. The molecule has 5 nitrogen and oxygen atoms in total. The molecule has 0 atom stereocenters. The van der Waals surface area contributed by atoms with Crippen LogP contribution in [0.5, 0.6) is 0 Å². The van der Waals surface area contributed by atoms with Crippen LogP contribution >= 0.6 is 0 Å². The molecule has 3 aromatic carbocycles. The van der Waals surface area contributed by atoms with Crippen LogP contribution in [-0.2, 0) is 6.54 Å². The Morgan fingerprint density at radius 1 is 0.840 bits per heavy atom. The molecule has 5 heteroatoms. The summed E-state index contributed by atoms with van der Waals surface area (Å²) in [5.74, 6) is -0.0695.